The van der Waals surface area contributed by atoms with Crippen molar-refractivity contribution in [3.8, 4) is 0 Å². The van der Waals surface area contributed by atoms with E-state index in [1.165, 1.54) is 0 Å². The molecule has 0 spiro atoms. The minimum Gasteiger partial charge on any atom is -0.462 e. The van der Waals surface area contributed by atoms with Crippen LogP contribution >= 0.6 is 0 Å². The Morgan fingerprint density at radius 2 is 1.60 bits per heavy atom. The minimum atomic E-state index is -4.45. The van der Waals surface area contributed by atoms with Gasteiger partial charge in [0.25, 0.3) is 0 Å². The second-order valence-corrected chi connectivity index (χ2v) is 5.20. The molecule has 5 heteroatoms. The van der Waals surface area contributed by atoms with Crippen LogP contribution in [-0.2, 0) is 9.53 Å². The van der Waals surface area contributed by atoms with E-state index < -0.39 is 30.1 Å². The van der Waals surface area contributed by atoms with Gasteiger partial charge in [-0.05, 0) is 26.3 Å². The molecule has 0 saturated heterocycles. The molecule has 0 amide bonds. The third-order valence-electron chi connectivity index (χ3n) is 3.06. The van der Waals surface area contributed by atoms with Crippen molar-refractivity contribution in [1.82, 2.24) is 0 Å². The first-order valence-corrected chi connectivity index (χ1v) is 6.46. The third-order valence-corrected chi connectivity index (χ3v) is 3.06. The van der Waals surface area contributed by atoms with Gasteiger partial charge >= 0.3 is 12.1 Å². The van der Waals surface area contributed by atoms with E-state index in [0.29, 0.717) is 5.56 Å². The maximum Gasteiger partial charge on any atom is 0.392 e. The second kappa shape index (κ2) is 6.29. The Hall–Kier alpha value is -1.52. The molecule has 0 bridgehead atoms. The largest absolute Gasteiger partial charge is 0.462 e. The van der Waals surface area contributed by atoms with E-state index in [-0.39, 0.29) is 0 Å². The lowest BCUT2D eigenvalue weighted by atomic mass is 9.86. The van der Waals surface area contributed by atoms with Crippen LogP contribution in [0.25, 0.3) is 0 Å². The number of aryl methyl sites for hydroxylation is 1. The van der Waals surface area contributed by atoms with E-state index in [9.17, 15) is 18.0 Å². The molecule has 1 aromatic rings. The number of carbonyl (C=O) groups excluding carboxylic acids is 1. The summed E-state index contributed by atoms with van der Waals surface area (Å²) in [7, 11) is 0. The summed E-state index contributed by atoms with van der Waals surface area (Å²) in [4.78, 5) is 12.0. The van der Waals surface area contributed by atoms with Gasteiger partial charge in [-0.25, -0.2) is 0 Å². The fourth-order valence-electron chi connectivity index (χ4n) is 1.90. The van der Waals surface area contributed by atoms with Gasteiger partial charge in [0, 0.05) is 0 Å². The predicted molar refractivity (Wildman–Crippen MR) is 70.4 cm³/mol. The Morgan fingerprint density at radius 3 is 2.00 bits per heavy atom. The number of alkyl halides is 3. The summed E-state index contributed by atoms with van der Waals surface area (Å²) in [5.41, 5.74) is 1.25. The van der Waals surface area contributed by atoms with Crippen LogP contribution in [0.4, 0.5) is 13.2 Å². The molecule has 0 aliphatic rings. The summed E-state index contributed by atoms with van der Waals surface area (Å²) in [6.45, 7) is 6.06. The molecule has 0 heterocycles. The van der Waals surface area contributed by atoms with Crippen LogP contribution in [0.1, 0.15) is 37.8 Å². The molecule has 0 radical (unpaired) electrons. The number of carbonyl (C=O) groups is 1. The van der Waals surface area contributed by atoms with Gasteiger partial charge in [-0.15, -0.1) is 0 Å². The van der Waals surface area contributed by atoms with Crippen molar-refractivity contribution in [3.05, 3.63) is 35.4 Å². The Labute approximate surface area is 116 Å². The van der Waals surface area contributed by atoms with Gasteiger partial charge in [-0.2, -0.15) is 13.2 Å². The topological polar surface area (TPSA) is 26.3 Å². The highest BCUT2D eigenvalue weighted by Crippen LogP contribution is 2.38. The fourth-order valence-corrected chi connectivity index (χ4v) is 1.90. The van der Waals surface area contributed by atoms with Crippen molar-refractivity contribution in [3.63, 3.8) is 0 Å². The van der Waals surface area contributed by atoms with Crippen molar-refractivity contribution in [2.24, 2.45) is 5.92 Å². The summed E-state index contributed by atoms with van der Waals surface area (Å²) in [6.07, 6.45) is -4.90. The highest BCUT2D eigenvalue weighted by Gasteiger charge is 2.45. The zero-order valence-corrected chi connectivity index (χ0v) is 12.0. The molecule has 1 aromatic carbocycles. The van der Waals surface area contributed by atoms with Gasteiger partial charge in [-0.3, -0.25) is 4.79 Å². The predicted octanol–water partition coefficient (Wildman–Crippen LogP) is 4.23. The second-order valence-electron chi connectivity index (χ2n) is 5.20. The SMILES string of the molecule is Cc1ccc(C(C(=O)OC(C)C)C(C)C(F)(F)F)cc1. The van der Waals surface area contributed by atoms with E-state index in [1.807, 2.05) is 6.92 Å². The Bertz CT molecular complexity index is 449. The van der Waals surface area contributed by atoms with Crippen LogP contribution in [-0.4, -0.2) is 18.2 Å². The molecule has 0 aliphatic heterocycles. The summed E-state index contributed by atoms with van der Waals surface area (Å²) < 4.78 is 43.8. The van der Waals surface area contributed by atoms with Gasteiger partial charge in [0.2, 0.25) is 0 Å². The molecule has 112 valence electrons. The average Bonchev–Trinajstić information content (AvgIpc) is 2.29. The van der Waals surface area contributed by atoms with Gasteiger partial charge in [0.05, 0.1) is 17.9 Å². The highest BCUT2D eigenvalue weighted by atomic mass is 19.4. The molecular weight excluding hydrogens is 269 g/mol. The van der Waals surface area contributed by atoms with Gasteiger partial charge in [-0.1, -0.05) is 36.8 Å². The fraction of sp³-hybridized carbons (Fsp3) is 0.533. The lowest BCUT2D eigenvalue weighted by molar-refractivity contribution is -0.187. The minimum absolute atomic E-state index is 0.325. The van der Waals surface area contributed by atoms with E-state index >= 15 is 0 Å². The van der Waals surface area contributed by atoms with Crippen molar-refractivity contribution < 1.29 is 22.7 Å². The van der Waals surface area contributed by atoms with Crippen LogP contribution in [0.5, 0.6) is 0 Å². The number of benzene rings is 1. The first-order valence-electron chi connectivity index (χ1n) is 6.46. The molecule has 0 saturated carbocycles. The van der Waals surface area contributed by atoms with Crippen molar-refractivity contribution in [1.29, 1.82) is 0 Å². The number of hydrogen-bond acceptors (Lipinski definition) is 2. The van der Waals surface area contributed by atoms with Crippen LogP contribution < -0.4 is 0 Å². The number of ether oxygens (including phenoxy) is 1. The first-order chi connectivity index (χ1) is 9.12. The molecule has 20 heavy (non-hydrogen) atoms. The summed E-state index contributed by atoms with van der Waals surface area (Å²) in [5, 5.41) is 0. The molecule has 0 fully saturated rings. The van der Waals surface area contributed by atoms with Gasteiger partial charge < -0.3 is 4.74 Å². The highest BCUT2D eigenvalue weighted by molar-refractivity contribution is 5.78. The Balaban J connectivity index is 3.13. The number of hydrogen-bond donors (Lipinski definition) is 0. The first kappa shape index (κ1) is 16.5. The molecule has 1 rings (SSSR count). The van der Waals surface area contributed by atoms with Crippen molar-refractivity contribution in [2.45, 2.75) is 45.9 Å². The molecule has 2 atom stereocenters. The molecule has 2 nitrogen and oxygen atoms in total. The maximum absolute atomic E-state index is 13.0. The standard InChI is InChI=1S/C15H19F3O2/c1-9(2)20-14(19)13(11(4)15(16,17)18)12-7-5-10(3)6-8-12/h5-9,11,13H,1-4H3. The lowest BCUT2D eigenvalue weighted by Crippen LogP contribution is -2.33. The molecule has 0 aromatic heterocycles. The van der Waals surface area contributed by atoms with Gasteiger partial charge in [0.1, 0.15) is 0 Å². The number of esters is 1. The average molecular weight is 288 g/mol. The normalized spacial score (nSPS) is 15.0. The van der Waals surface area contributed by atoms with E-state index in [4.69, 9.17) is 4.74 Å². The van der Waals surface area contributed by atoms with E-state index in [1.54, 1.807) is 38.1 Å². The van der Waals surface area contributed by atoms with Crippen LogP contribution in [0.3, 0.4) is 0 Å². The van der Waals surface area contributed by atoms with Crippen molar-refractivity contribution in [2.75, 3.05) is 0 Å². The summed E-state index contributed by atoms with van der Waals surface area (Å²) in [6, 6.07) is 6.47. The Morgan fingerprint density at radius 1 is 1.10 bits per heavy atom. The molecular formula is C15H19F3O2. The Kier molecular flexibility index (Phi) is 5.20. The summed E-state index contributed by atoms with van der Waals surface area (Å²) in [5.74, 6) is -3.97. The van der Waals surface area contributed by atoms with Crippen LogP contribution in [0.2, 0.25) is 0 Å². The lowest BCUT2D eigenvalue weighted by Gasteiger charge is -2.26. The summed E-state index contributed by atoms with van der Waals surface area (Å²) >= 11 is 0. The monoisotopic (exact) mass is 288 g/mol. The molecule has 2 unspecified atom stereocenters. The van der Waals surface area contributed by atoms with E-state index in [2.05, 4.69) is 0 Å². The quantitative estimate of drug-likeness (QED) is 0.775. The third kappa shape index (κ3) is 4.25. The smallest absolute Gasteiger partial charge is 0.392 e. The molecule has 0 aliphatic carbocycles. The van der Waals surface area contributed by atoms with Crippen molar-refractivity contribution >= 4 is 5.97 Å². The zero-order chi connectivity index (χ0) is 15.5. The number of halogens is 3. The number of rotatable bonds is 4. The van der Waals surface area contributed by atoms with Gasteiger partial charge in [0.15, 0.2) is 0 Å². The van der Waals surface area contributed by atoms with E-state index in [0.717, 1.165) is 12.5 Å². The zero-order valence-electron chi connectivity index (χ0n) is 12.0. The van der Waals surface area contributed by atoms with Crippen LogP contribution in [0, 0.1) is 12.8 Å². The maximum atomic E-state index is 13.0. The van der Waals surface area contributed by atoms with Crippen LogP contribution in [0.15, 0.2) is 24.3 Å². The molecule has 0 N–H and O–H groups in total.